The van der Waals surface area contributed by atoms with E-state index in [0.717, 1.165) is 218 Å². The summed E-state index contributed by atoms with van der Waals surface area (Å²) in [6.45, 7) is 0.0158. The molecule has 4 fully saturated rings. The number of aryl methyl sites for hydroxylation is 8. The van der Waals surface area contributed by atoms with Gasteiger partial charge in [0.15, 0.2) is 58.2 Å². The Hall–Kier alpha value is -12.0. The Bertz CT molecular complexity index is 6420. The Kier molecular flexibility index (Phi) is 30.5. The summed E-state index contributed by atoms with van der Waals surface area (Å²) in [5, 5.41) is 49.5. The van der Waals surface area contributed by atoms with Crippen LogP contribution < -0.4 is 21.3 Å². The second kappa shape index (κ2) is 43.4. The number of fused-ring (bicyclic) bond motifs is 12. The molecule has 12 aromatic rings. The molecule has 0 saturated heterocycles. The lowest BCUT2D eigenvalue weighted by atomic mass is 9.90. The molecule has 0 bridgehead atoms. The highest BCUT2D eigenvalue weighted by Crippen LogP contribution is 2.43. The van der Waals surface area contributed by atoms with Gasteiger partial charge in [-0.25, -0.2) is 70.6 Å². The molecule has 8 aliphatic rings. The first-order valence-corrected chi connectivity index (χ1v) is 48.1. The molecule has 0 unspecified atom stereocenters. The summed E-state index contributed by atoms with van der Waals surface area (Å²) in [5.41, 5.74) is 22.8. The number of aromatic nitrogens is 8. The largest absolute Gasteiger partial charge is 0.392 e. The van der Waals surface area contributed by atoms with Gasteiger partial charge in [-0.1, -0.05) is 212 Å². The van der Waals surface area contributed by atoms with Gasteiger partial charge in [0, 0.05) is 37.0 Å². The van der Waals surface area contributed by atoms with Crippen molar-refractivity contribution in [3.8, 4) is 45.0 Å². The van der Waals surface area contributed by atoms with E-state index in [1.54, 1.807) is 0 Å². The number of benzene rings is 8. The highest BCUT2D eigenvalue weighted by atomic mass is 127. The van der Waals surface area contributed by atoms with Gasteiger partial charge in [-0.15, -0.1) is 0 Å². The molecule has 0 aliphatic heterocycles. The van der Waals surface area contributed by atoms with Crippen LogP contribution in [0.25, 0.3) is 45.0 Å². The van der Waals surface area contributed by atoms with Crippen molar-refractivity contribution < 1.29 is 70.3 Å². The minimum atomic E-state index is -2.27. The fourth-order valence-corrected chi connectivity index (χ4v) is 20.5. The third-order valence-electron chi connectivity index (χ3n) is 27.2. The Morgan fingerprint density at radius 2 is 0.607 bits per heavy atom. The van der Waals surface area contributed by atoms with Crippen molar-refractivity contribution >= 4 is 69.5 Å². The topological polar surface area (TPSA) is 300 Å². The van der Waals surface area contributed by atoms with Crippen LogP contribution in [0.4, 0.5) is 54.0 Å². The van der Waals surface area contributed by atoms with Crippen molar-refractivity contribution in [1.29, 1.82) is 0 Å². The molecule has 4 heterocycles. The highest BCUT2D eigenvalue weighted by molar-refractivity contribution is 14.1. The number of carbonyl (C=O) groups excluding carboxylic acids is 4. The summed E-state index contributed by atoms with van der Waals surface area (Å²) in [5.74, 6) is -10.1. The molecule has 698 valence electrons. The van der Waals surface area contributed by atoms with Crippen molar-refractivity contribution in [3.63, 3.8) is 0 Å². The average molecular weight is 1950 g/mol. The van der Waals surface area contributed by atoms with Crippen molar-refractivity contribution in [3.05, 3.63) is 302 Å². The summed E-state index contributed by atoms with van der Waals surface area (Å²) < 4.78 is 96.8. The number of hydrogen-bond donors (Lipinski definition) is 8. The maximum atomic E-state index is 14.1. The molecule has 4 aromatic heterocycles. The lowest BCUT2D eigenvalue weighted by Gasteiger charge is -2.22. The van der Waals surface area contributed by atoms with Crippen LogP contribution in [-0.2, 0) is 137 Å². The average Bonchev–Trinajstić information content (AvgIpc) is 1.77. The molecule has 8 N–H and O–H groups in total. The first kappa shape index (κ1) is 94.8. The lowest BCUT2D eigenvalue weighted by Crippen LogP contribution is -2.22. The second-order valence-corrected chi connectivity index (χ2v) is 37.9. The zero-order valence-electron chi connectivity index (χ0n) is 74.9. The monoisotopic (exact) mass is 1950 g/mol. The Morgan fingerprint density at radius 3 is 0.933 bits per heavy atom. The molecule has 28 heteroatoms. The summed E-state index contributed by atoms with van der Waals surface area (Å²) in [7, 11) is 0. The normalized spacial score (nSPS) is 15.2. The first-order valence-electron chi connectivity index (χ1n) is 47.0. The number of halogens is 8. The predicted octanol–water partition coefficient (Wildman–Crippen LogP) is 20.2. The number of aliphatic hydroxyl groups is 4. The maximum Gasteiger partial charge on any atom is 0.256 e. The minimum Gasteiger partial charge on any atom is -0.392 e. The summed E-state index contributed by atoms with van der Waals surface area (Å²) in [4.78, 5) is 90.6. The molecule has 20 rings (SSSR count). The van der Waals surface area contributed by atoms with Crippen molar-refractivity contribution in [2.75, 3.05) is 21.3 Å². The van der Waals surface area contributed by atoms with Crippen LogP contribution in [0.3, 0.4) is 0 Å². The molecular weight excluding hydrogens is 1840 g/mol. The molecule has 8 aliphatic carbocycles. The number of nitrogens with one attached hydrogen (secondary N) is 4. The number of rotatable bonds is 23. The van der Waals surface area contributed by atoms with Gasteiger partial charge in [-0.3, -0.25) is 19.2 Å². The van der Waals surface area contributed by atoms with E-state index in [0.29, 0.717) is 101 Å². The minimum absolute atomic E-state index is 0.00166. The van der Waals surface area contributed by atoms with E-state index in [4.69, 9.17) is 34.9 Å². The number of nitrogens with zero attached hydrogens (tertiary/aromatic N) is 8. The van der Waals surface area contributed by atoms with E-state index in [2.05, 4.69) is 73.1 Å². The van der Waals surface area contributed by atoms with Crippen LogP contribution >= 0.6 is 22.6 Å². The zero-order chi connectivity index (χ0) is 93.9. The highest BCUT2D eigenvalue weighted by Gasteiger charge is 2.34. The molecule has 135 heavy (non-hydrogen) atoms. The SMILES string of the molecule is O=C(Cc1c(F)c(F)c(F)c(F)c1F)Nc1nc2c(nc1CC1CCCC1)-c1ccc(CO)cc1CC2.O=C(Cc1ccc(F)c(F)c1)Nc1nc2c(nc1CC1CCCC1)-c1ccc(CO)cc1CC2.O=C(Cc1ccc(I)cc1)Nc1nc2c(nc1CC1CCCC1)-c1ccc(CO)cc1CC2.O=C(Nc1nc2c(nc1CC1CCCC1)-c1ccc(CO)cc1CC2)c1ccccc1. The van der Waals surface area contributed by atoms with Gasteiger partial charge in [0.2, 0.25) is 23.5 Å². The van der Waals surface area contributed by atoms with Crippen LogP contribution in [0.2, 0.25) is 0 Å². The Balaban J connectivity index is 0.000000125. The molecule has 4 saturated carbocycles. The first-order chi connectivity index (χ1) is 65.5. The molecule has 20 nitrogen and oxygen atoms in total. The van der Waals surface area contributed by atoms with Crippen LogP contribution in [0.5, 0.6) is 0 Å². The molecule has 0 radical (unpaired) electrons. The fraction of sp³-hybridized carbons (Fsp3) is 0.364. The van der Waals surface area contributed by atoms with E-state index in [9.17, 15) is 70.3 Å². The van der Waals surface area contributed by atoms with E-state index in [1.807, 2.05) is 103 Å². The number of anilines is 4. The van der Waals surface area contributed by atoms with Gasteiger partial charge >= 0.3 is 0 Å². The van der Waals surface area contributed by atoms with Gasteiger partial charge in [-0.2, -0.15) is 0 Å². The predicted molar refractivity (Wildman–Crippen MR) is 509 cm³/mol. The van der Waals surface area contributed by atoms with Gasteiger partial charge in [0.05, 0.1) is 114 Å². The standard InChI is InChI=1S/C27H24F5N3O2.C27H27F2N3O2.C27H28IN3O2.C26H27N3O2/c28-21-17(22(29)24(31)25(32)23(21)30)11-20(37)35-27-19(10-13-3-1-2-4-13)33-26-16-7-5-14(12-36)9-15(16)6-8-18(26)34-27;28-21-9-6-17(12-22(21)29)14-25(34)32-27-24(13-16-3-1-2-4-16)30-26-20-8-5-18(15-33)11-19(20)7-10-23(26)31-27;28-21-9-5-18(6-10-21)15-25(33)31-27-24(14-17-3-1-2-4-17)29-26-22-11-7-19(16-32)13-20(22)8-12-23(26)30-27;30-16-18-10-12-21-20(14-18)11-13-22-24(21)27-23(15-17-6-4-5-7-17)25(28-22)29-26(31)19-8-2-1-3-9-19/h5,7,9,13,36H,1-4,6,8,10-12H2,(H,34,35,37);5-6,8-9,11-12,16,33H,1-4,7,10,13-15H2,(H,31,32,34);5-7,9-11,13,17,32H,1-4,8,12,14-16H2,(H,30,31,33);1-3,8-10,12,14,17,30H,4-7,11,13,15-16H2,(H,28,29,31). The summed E-state index contributed by atoms with van der Waals surface area (Å²) in [6, 6.07) is 44.5. The van der Waals surface area contributed by atoms with Crippen LogP contribution in [0, 0.1) is 68.0 Å². The van der Waals surface area contributed by atoms with Gasteiger partial charge < -0.3 is 41.7 Å². The third-order valence-corrected chi connectivity index (χ3v) is 28.0. The van der Waals surface area contributed by atoms with E-state index in [-0.39, 0.29) is 56.4 Å². The van der Waals surface area contributed by atoms with E-state index >= 15 is 0 Å². The molecule has 4 amide bonds. The van der Waals surface area contributed by atoms with Gasteiger partial charge in [0.1, 0.15) is 0 Å². The van der Waals surface area contributed by atoms with Crippen LogP contribution in [0.15, 0.2) is 146 Å². The number of aliphatic hydroxyl groups excluding tert-OH is 4. The lowest BCUT2D eigenvalue weighted by molar-refractivity contribution is -0.116. The second-order valence-electron chi connectivity index (χ2n) is 36.7. The Morgan fingerprint density at radius 1 is 0.311 bits per heavy atom. The van der Waals surface area contributed by atoms with E-state index < -0.39 is 58.6 Å². The molecule has 8 aromatic carbocycles. The maximum absolute atomic E-state index is 14.1. The van der Waals surface area contributed by atoms with Gasteiger partial charge in [-0.05, 0) is 215 Å². The molecule has 0 atom stereocenters. The molecular formula is C107H106F7IN12O8. The van der Waals surface area contributed by atoms with Crippen LogP contribution in [0.1, 0.15) is 220 Å². The van der Waals surface area contributed by atoms with Crippen molar-refractivity contribution in [2.45, 2.75) is 225 Å². The quantitative estimate of drug-likeness (QED) is 0.0128. The third kappa shape index (κ3) is 22.6. The number of amides is 4. The summed E-state index contributed by atoms with van der Waals surface area (Å²) >= 11 is 2.27. The summed E-state index contributed by atoms with van der Waals surface area (Å²) in [6.07, 6.45) is 26.8. The van der Waals surface area contributed by atoms with E-state index in [1.165, 1.54) is 81.4 Å². The fourth-order valence-electron chi connectivity index (χ4n) is 20.1. The van der Waals surface area contributed by atoms with Crippen molar-refractivity contribution in [1.82, 2.24) is 39.9 Å². The Labute approximate surface area is 792 Å². The van der Waals surface area contributed by atoms with Crippen LogP contribution in [-0.4, -0.2) is 83.9 Å². The number of hydrogen-bond acceptors (Lipinski definition) is 16. The van der Waals surface area contributed by atoms with Crippen molar-refractivity contribution in [2.24, 2.45) is 23.7 Å². The number of carbonyl (C=O) groups is 4. The smallest absolute Gasteiger partial charge is 0.256 e. The molecule has 0 spiro atoms. The zero-order valence-corrected chi connectivity index (χ0v) is 77.1. The van der Waals surface area contributed by atoms with Gasteiger partial charge in [0.25, 0.3) is 5.91 Å².